The summed E-state index contributed by atoms with van der Waals surface area (Å²) < 4.78 is 7.52. The van der Waals surface area contributed by atoms with Crippen LogP contribution in [-0.4, -0.2) is 16.2 Å². The van der Waals surface area contributed by atoms with Crippen LogP contribution < -0.4 is 10.3 Å². The van der Waals surface area contributed by atoms with Gasteiger partial charge in [0.25, 0.3) is 5.56 Å². The summed E-state index contributed by atoms with van der Waals surface area (Å²) in [5, 5.41) is 0.838. The second kappa shape index (κ2) is 6.64. The topological polar surface area (TPSA) is 44.1 Å². The maximum Gasteiger partial charge on any atom is 0.262 e. The van der Waals surface area contributed by atoms with E-state index in [4.69, 9.17) is 4.74 Å². The third-order valence-corrected chi connectivity index (χ3v) is 6.13. The van der Waals surface area contributed by atoms with E-state index in [-0.39, 0.29) is 5.56 Å². The van der Waals surface area contributed by atoms with Gasteiger partial charge in [0.15, 0.2) is 0 Å². The molecule has 130 valence electrons. The molecule has 0 fully saturated rings. The van der Waals surface area contributed by atoms with E-state index in [1.54, 1.807) is 22.2 Å². The van der Waals surface area contributed by atoms with Crippen LogP contribution in [0.15, 0.2) is 35.4 Å². The molecule has 0 unspecified atom stereocenters. The van der Waals surface area contributed by atoms with Crippen LogP contribution in [0.5, 0.6) is 5.75 Å². The molecule has 0 N–H and O–H groups in total. The Morgan fingerprint density at radius 2 is 2.20 bits per heavy atom. The monoisotopic (exact) mass is 354 g/mol. The Balaban J connectivity index is 1.57. The van der Waals surface area contributed by atoms with Crippen LogP contribution in [0.4, 0.5) is 0 Å². The van der Waals surface area contributed by atoms with E-state index in [2.05, 4.69) is 11.9 Å². The highest BCUT2D eigenvalue weighted by Crippen LogP contribution is 2.35. The molecule has 0 aliphatic heterocycles. The lowest BCUT2D eigenvalue weighted by molar-refractivity contribution is 0.294. The van der Waals surface area contributed by atoms with Crippen LogP contribution in [-0.2, 0) is 19.4 Å². The van der Waals surface area contributed by atoms with Gasteiger partial charge in [0, 0.05) is 4.88 Å². The zero-order chi connectivity index (χ0) is 17.4. The first kappa shape index (κ1) is 16.3. The lowest BCUT2D eigenvalue weighted by Gasteiger charge is -2.17. The van der Waals surface area contributed by atoms with Gasteiger partial charge in [-0.3, -0.25) is 9.36 Å². The number of aryl methyl sites for hydroxylation is 2. The van der Waals surface area contributed by atoms with E-state index in [9.17, 15) is 4.79 Å². The second-order valence-corrected chi connectivity index (χ2v) is 7.97. The molecule has 0 saturated carbocycles. The van der Waals surface area contributed by atoms with Gasteiger partial charge in [-0.05, 0) is 49.3 Å². The highest BCUT2D eigenvalue weighted by molar-refractivity contribution is 7.18. The fourth-order valence-corrected chi connectivity index (χ4v) is 4.84. The van der Waals surface area contributed by atoms with Crippen molar-refractivity contribution in [3.8, 4) is 5.75 Å². The third-order valence-electron chi connectivity index (χ3n) is 4.97. The van der Waals surface area contributed by atoms with Crippen LogP contribution in [0.25, 0.3) is 10.2 Å². The Morgan fingerprint density at radius 1 is 1.36 bits per heavy atom. The van der Waals surface area contributed by atoms with Gasteiger partial charge in [-0.15, -0.1) is 11.3 Å². The van der Waals surface area contributed by atoms with Crippen LogP contribution in [0, 0.1) is 12.8 Å². The lowest BCUT2D eigenvalue weighted by atomic mass is 9.89. The van der Waals surface area contributed by atoms with E-state index in [0.717, 1.165) is 40.8 Å². The number of fused-ring (bicyclic) bond motifs is 3. The van der Waals surface area contributed by atoms with Crippen molar-refractivity contribution in [3.63, 3.8) is 0 Å². The predicted molar refractivity (Wildman–Crippen MR) is 102 cm³/mol. The van der Waals surface area contributed by atoms with Crippen molar-refractivity contribution in [2.24, 2.45) is 5.92 Å². The quantitative estimate of drug-likeness (QED) is 0.712. The van der Waals surface area contributed by atoms with E-state index in [0.29, 0.717) is 19.1 Å². The summed E-state index contributed by atoms with van der Waals surface area (Å²) in [4.78, 5) is 19.7. The molecule has 5 heteroatoms. The van der Waals surface area contributed by atoms with Crippen molar-refractivity contribution in [3.05, 3.63) is 57.0 Å². The molecule has 4 rings (SSSR count). The van der Waals surface area contributed by atoms with Gasteiger partial charge >= 0.3 is 0 Å². The first-order valence-electron chi connectivity index (χ1n) is 8.81. The Kier molecular flexibility index (Phi) is 4.34. The smallest absolute Gasteiger partial charge is 0.262 e. The first-order valence-corrected chi connectivity index (χ1v) is 9.63. The highest BCUT2D eigenvalue weighted by atomic mass is 32.1. The maximum atomic E-state index is 12.9. The molecule has 0 amide bonds. The molecule has 4 nitrogen and oxygen atoms in total. The SMILES string of the molecule is Cc1ccccc1OCCn1cnc2sc3c(c2c1=O)CC[C@H](C)C3. The standard InChI is InChI=1S/C20H22N2O2S/c1-13-7-8-15-17(11-13)25-19-18(15)20(23)22(12-21-19)9-10-24-16-6-4-3-5-14(16)2/h3-6,12-13H,7-11H2,1-2H3/t13-/m0/s1. The summed E-state index contributed by atoms with van der Waals surface area (Å²) in [6, 6.07) is 7.93. The molecule has 0 radical (unpaired) electrons. The van der Waals surface area contributed by atoms with Gasteiger partial charge in [0.05, 0.1) is 18.3 Å². The van der Waals surface area contributed by atoms with Gasteiger partial charge < -0.3 is 4.74 Å². The first-order chi connectivity index (χ1) is 12.1. The molecule has 1 aromatic carbocycles. The van der Waals surface area contributed by atoms with Gasteiger partial charge in [0.2, 0.25) is 0 Å². The molecule has 1 atom stereocenters. The van der Waals surface area contributed by atoms with Gasteiger partial charge in [0.1, 0.15) is 17.2 Å². The fourth-order valence-electron chi connectivity index (χ4n) is 3.50. The third kappa shape index (κ3) is 3.09. The van der Waals surface area contributed by atoms with Gasteiger partial charge in [-0.25, -0.2) is 4.98 Å². The molecule has 0 bridgehead atoms. The summed E-state index contributed by atoms with van der Waals surface area (Å²) in [7, 11) is 0. The second-order valence-electron chi connectivity index (χ2n) is 6.89. The van der Waals surface area contributed by atoms with Gasteiger partial charge in [-0.1, -0.05) is 25.1 Å². The minimum atomic E-state index is 0.0745. The fraction of sp³-hybridized carbons (Fsp3) is 0.400. The van der Waals surface area contributed by atoms with Crippen molar-refractivity contribution < 1.29 is 4.74 Å². The van der Waals surface area contributed by atoms with Crippen molar-refractivity contribution in [1.82, 2.24) is 9.55 Å². The van der Waals surface area contributed by atoms with Gasteiger partial charge in [-0.2, -0.15) is 0 Å². The van der Waals surface area contributed by atoms with Crippen molar-refractivity contribution in [1.29, 1.82) is 0 Å². The lowest BCUT2D eigenvalue weighted by Crippen LogP contribution is -2.24. The van der Waals surface area contributed by atoms with Crippen molar-refractivity contribution in [2.45, 2.75) is 39.7 Å². The summed E-state index contributed by atoms with van der Waals surface area (Å²) in [5.41, 5.74) is 2.42. The number of benzene rings is 1. The molecule has 2 heterocycles. The van der Waals surface area contributed by atoms with E-state index >= 15 is 0 Å². The van der Waals surface area contributed by atoms with Crippen LogP contribution in [0.2, 0.25) is 0 Å². The number of para-hydroxylation sites is 1. The summed E-state index contributed by atoms with van der Waals surface area (Å²) in [6.45, 7) is 5.27. The van der Waals surface area contributed by atoms with E-state index < -0.39 is 0 Å². The molecule has 1 aliphatic carbocycles. The normalized spacial score (nSPS) is 16.8. The van der Waals surface area contributed by atoms with E-state index in [1.165, 1.54) is 10.4 Å². The molecule has 3 aromatic rings. The number of hydrogen-bond acceptors (Lipinski definition) is 4. The number of ether oxygens (including phenoxy) is 1. The van der Waals surface area contributed by atoms with Crippen LogP contribution >= 0.6 is 11.3 Å². The molecular formula is C20H22N2O2S. The Hall–Kier alpha value is -2.14. The molecule has 0 saturated heterocycles. The number of nitrogens with zero attached hydrogens (tertiary/aromatic N) is 2. The Labute approximate surface area is 151 Å². The summed E-state index contributed by atoms with van der Waals surface area (Å²) in [6.07, 6.45) is 4.89. The average Bonchev–Trinajstić information content (AvgIpc) is 2.96. The van der Waals surface area contributed by atoms with E-state index in [1.807, 2.05) is 31.2 Å². The van der Waals surface area contributed by atoms with Crippen LogP contribution in [0.3, 0.4) is 0 Å². The molecular weight excluding hydrogens is 332 g/mol. The van der Waals surface area contributed by atoms with Crippen molar-refractivity contribution in [2.75, 3.05) is 6.61 Å². The number of aromatic nitrogens is 2. The highest BCUT2D eigenvalue weighted by Gasteiger charge is 2.23. The summed E-state index contributed by atoms with van der Waals surface area (Å²) >= 11 is 1.69. The van der Waals surface area contributed by atoms with Crippen LogP contribution in [0.1, 0.15) is 29.3 Å². The molecule has 25 heavy (non-hydrogen) atoms. The average molecular weight is 354 g/mol. The van der Waals surface area contributed by atoms with Crippen molar-refractivity contribution >= 4 is 21.6 Å². The minimum absolute atomic E-state index is 0.0745. The molecule has 1 aliphatic rings. The Morgan fingerprint density at radius 3 is 3.04 bits per heavy atom. The number of rotatable bonds is 4. The summed E-state index contributed by atoms with van der Waals surface area (Å²) in [5.74, 6) is 1.57. The minimum Gasteiger partial charge on any atom is -0.491 e. The molecule has 2 aromatic heterocycles. The Bertz CT molecular complexity index is 973. The zero-order valence-corrected chi connectivity index (χ0v) is 15.4. The maximum absolute atomic E-state index is 12.9. The number of hydrogen-bond donors (Lipinski definition) is 0. The number of thiophene rings is 1. The predicted octanol–water partition coefficient (Wildman–Crippen LogP) is 3.97. The zero-order valence-electron chi connectivity index (χ0n) is 14.6. The molecule has 0 spiro atoms. The largest absolute Gasteiger partial charge is 0.491 e.